The van der Waals surface area contributed by atoms with Gasteiger partial charge in [-0.05, 0) is 57.4 Å². The van der Waals surface area contributed by atoms with Gasteiger partial charge in [-0.25, -0.2) is 9.78 Å². The molecule has 2 aromatic heterocycles. The van der Waals surface area contributed by atoms with Crippen LogP contribution in [0.3, 0.4) is 0 Å². The number of thiazole rings is 1. The van der Waals surface area contributed by atoms with E-state index in [1.165, 1.54) is 0 Å². The van der Waals surface area contributed by atoms with Crippen molar-refractivity contribution in [3.05, 3.63) is 59.5 Å². The van der Waals surface area contributed by atoms with E-state index in [1.807, 2.05) is 67.7 Å². The van der Waals surface area contributed by atoms with E-state index in [1.54, 1.807) is 29.4 Å². The van der Waals surface area contributed by atoms with Crippen molar-refractivity contribution in [2.75, 3.05) is 26.0 Å². The number of anilines is 1. The fourth-order valence-electron chi connectivity index (χ4n) is 2.47. The van der Waals surface area contributed by atoms with Crippen molar-refractivity contribution >= 4 is 34.8 Å². The molecule has 0 aliphatic rings. The van der Waals surface area contributed by atoms with Gasteiger partial charge in [0, 0.05) is 28.2 Å². The largest absolute Gasteiger partial charge is 0.468 e. The highest BCUT2D eigenvalue weighted by Gasteiger charge is 2.17. The molecule has 8 heteroatoms. The Bertz CT molecular complexity index is 860. The molecule has 142 valence electrons. The Morgan fingerprint density at radius 2 is 2.07 bits per heavy atom. The zero-order valence-electron chi connectivity index (χ0n) is 15.4. The van der Waals surface area contributed by atoms with Crippen molar-refractivity contribution in [2.45, 2.75) is 22.2 Å². The van der Waals surface area contributed by atoms with Crippen LogP contribution in [0.2, 0.25) is 0 Å². The summed E-state index contributed by atoms with van der Waals surface area (Å²) in [5.41, 5.74) is 1.77. The number of urea groups is 1. The van der Waals surface area contributed by atoms with Gasteiger partial charge in [0.1, 0.15) is 5.76 Å². The molecule has 27 heavy (non-hydrogen) atoms. The van der Waals surface area contributed by atoms with Gasteiger partial charge in [-0.1, -0.05) is 11.8 Å². The number of carbonyl (C=O) groups excluding carboxylic acids is 1. The maximum absolute atomic E-state index is 12.2. The van der Waals surface area contributed by atoms with Crippen LogP contribution in [0, 0.1) is 6.92 Å². The predicted octanol–water partition coefficient (Wildman–Crippen LogP) is 4.62. The molecule has 3 aromatic rings. The summed E-state index contributed by atoms with van der Waals surface area (Å²) in [6, 6.07) is 11.2. The van der Waals surface area contributed by atoms with Crippen molar-refractivity contribution in [1.29, 1.82) is 0 Å². The third-order valence-corrected chi connectivity index (χ3v) is 5.93. The Morgan fingerprint density at radius 3 is 2.67 bits per heavy atom. The number of furan rings is 1. The van der Waals surface area contributed by atoms with E-state index in [0.717, 1.165) is 26.4 Å². The van der Waals surface area contributed by atoms with E-state index >= 15 is 0 Å². The lowest BCUT2D eigenvalue weighted by Crippen LogP contribution is -2.36. The monoisotopic (exact) mass is 402 g/mol. The molecule has 6 nitrogen and oxygen atoms in total. The highest BCUT2D eigenvalue weighted by atomic mass is 32.2. The molecule has 0 aliphatic heterocycles. The molecule has 3 rings (SSSR count). The second-order valence-corrected chi connectivity index (χ2v) is 8.39. The van der Waals surface area contributed by atoms with Crippen LogP contribution in [0.25, 0.3) is 0 Å². The molecule has 0 bridgehead atoms. The van der Waals surface area contributed by atoms with E-state index in [9.17, 15) is 4.79 Å². The molecule has 2 heterocycles. The van der Waals surface area contributed by atoms with Gasteiger partial charge in [0.25, 0.3) is 0 Å². The SMILES string of the molecule is Cc1csc(Sc2ccc(NC(=O)NCC(c3ccco3)N(C)C)cc2)n1. The first-order valence-electron chi connectivity index (χ1n) is 8.46. The Balaban J connectivity index is 1.51. The minimum absolute atomic E-state index is 0.0220. The molecule has 0 radical (unpaired) electrons. The fraction of sp³-hybridized carbons (Fsp3) is 0.263. The lowest BCUT2D eigenvalue weighted by molar-refractivity contribution is 0.233. The molecule has 0 spiro atoms. The van der Waals surface area contributed by atoms with Crippen molar-refractivity contribution < 1.29 is 9.21 Å². The van der Waals surface area contributed by atoms with Crippen LogP contribution < -0.4 is 10.6 Å². The van der Waals surface area contributed by atoms with Crippen LogP contribution >= 0.6 is 23.1 Å². The highest BCUT2D eigenvalue weighted by molar-refractivity contribution is 8.01. The molecule has 1 aromatic carbocycles. The number of carbonyl (C=O) groups is 1. The number of nitrogens with zero attached hydrogens (tertiary/aromatic N) is 2. The quantitative estimate of drug-likeness (QED) is 0.603. The molecular formula is C19H22N4O2S2. The summed E-state index contributed by atoms with van der Waals surface area (Å²) in [7, 11) is 3.90. The number of hydrogen-bond acceptors (Lipinski definition) is 6. The molecule has 0 saturated heterocycles. The van der Waals surface area contributed by atoms with Gasteiger partial charge < -0.3 is 15.1 Å². The maximum atomic E-state index is 12.2. The van der Waals surface area contributed by atoms with Crippen LogP contribution in [-0.2, 0) is 0 Å². The van der Waals surface area contributed by atoms with E-state index in [-0.39, 0.29) is 12.1 Å². The fourth-order valence-corrected chi connectivity index (χ4v) is 4.28. The summed E-state index contributed by atoms with van der Waals surface area (Å²) in [6.07, 6.45) is 1.64. The molecule has 2 amide bonds. The Kier molecular flexibility index (Phi) is 6.54. The van der Waals surface area contributed by atoms with Crippen molar-refractivity contribution in [3.8, 4) is 0 Å². The van der Waals surface area contributed by atoms with E-state index in [2.05, 4.69) is 15.6 Å². The van der Waals surface area contributed by atoms with Gasteiger partial charge in [0.05, 0.1) is 12.3 Å². The number of amides is 2. The van der Waals surface area contributed by atoms with Gasteiger partial charge >= 0.3 is 6.03 Å². The maximum Gasteiger partial charge on any atom is 0.319 e. The number of aromatic nitrogens is 1. The van der Waals surface area contributed by atoms with Crippen LogP contribution in [0.5, 0.6) is 0 Å². The number of rotatable bonds is 7. The summed E-state index contributed by atoms with van der Waals surface area (Å²) >= 11 is 3.25. The standard InChI is InChI=1S/C19H22N4O2S2/c1-13-12-26-19(21-13)27-15-8-6-14(7-9-15)22-18(24)20-11-16(23(2)3)17-5-4-10-25-17/h4-10,12,16H,11H2,1-3H3,(H2,20,22,24). The van der Waals surface area contributed by atoms with Gasteiger partial charge in [-0.15, -0.1) is 11.3 Å². The predicted molar refractivity (Wildman–Crippen MR) is 110 cm³/mol. The number of aryl methyl sites for hydroxylation is 1. The Hall–Kier alpha value is -2.29. The third kappa shape index (κ3) is 5.59. The van der Waals surface area contributed by atoms with Crippen molar-refractivity contribution in [1.82, 2.24) is 15.2 Å². The minimum Gasteiger partial charge on any atom is -0.468 e. The Morgan fingerprint density at radius 1 is 1.30 bits per heavy atom. The third-order valence-electron chi connectivity index (χ3n) is 3.87. The number of likely N-dealkylation sites (N-methyl/N-ethyl adjacent to an activating group) is 1. The summed E-state index contributed by atoms with van der Waals surface area (Å²) in [6.45, 7) is 2.43. The zero-order chi connectivity index (χ0) is 19.2. The normalized spacial score (nSPS) is 12.1. The summed E-state index contributed by atoms with van der Waals surface area (Å²) in [5, 5.41) is 7.78. The Labute approximate surface area is 167 Å². The van der Waals surface area contributed by atoms with Crippen LogP contribution in [0.15, 0.2) is 61.7 Å². The minimum atomic E-state index is -0.246. The number of hydrogen-bond donors (Lipinski definition) is 2. The second-order valence-electron chi connectivity index (χ2n) is 6.21. The number of nitrogens with one attached hydrogen (secondary N) is 2. The number of benzene rings is 1. The first kappa shape index (κ1) is 19.5. The van der Waals surface area contributed by atoms with Crippen LogP contribution in [0.4, 0.5) is 10.5 Å². The highest BCUT2D eigenvalue weighted by Crippen LogP contribution is 2.30. The molecular weight excluding hydrogens is 380 g/mol. The summed E-state index contributed by atoms with van der Waals surface area (Å²) in [5.74, 6) is 0.819. The van der Waals surface area contributed by atoms with Gasteiger partial charge in [0.2, 0.25) is 0 Å². The second kappa shape index (κ2) is 9.07. The van der Waals surface area contributed by atoms with Crippen LogP contribution in [0.1, 0.15) is 17.5 Å². The van der Waals surface area contributed by atoms with E-state index < -0.39 is 0 Å². The molecule has 0 fully saturated rings. The van der Waals surface area contributed by atoms with Crippen molar-refractivity contribution in [3.63, 3.8) is 0 Å². The van der Waals surface area contributed by atoms with Crippen LogP contribution in [-0.4, -0.2) is 36.6 Å². The molecule has 0 saturated carbocycles. The lowest BCUT2D eigenvalue weighted by Gasteiger charge is -2.22. The van der Waals surface area contributed by atoms with E-state index in [4.69, 9.17) is 4.42 Å². The van der Waals surface area contributed by atoms with Gasteiger partial charge in [-0.3, -0.25) is 4.90 Å². The molecule has 1 atom stereocenters. The van der Waals surface area contributed by atoms with Gasteiger partial charge in [-0.2, -0.15) is 0 Å². The molecule has 0 aliphatic carbocycles. The summed E-state index contributed by atoms with van der Waals surface area (Å²) in [4.78, 5) is 19.7. The van der Waals surface area contributed by atoms with E-state index in [0.29, 0.717) is 6.54 Å². The first-order chi connectivity index (χ1) is 13.0. The summed E-state index contributed by atoms with van der Waals surface area (Å²) < 4.78 is 6.46. The zero-order valence-corrected chi connectivity index (χ0v) is 17.1. The average Bonchev–Trinajstić information content (AvgIpc) is 3.29. The average molecular weight is 403 g/mol. The topological polar surface area (TPSA) is 70.4 Å². The molecule has 1 unspecified atom stereocenters. The smallest absolute Gasteiger partial charge is 0.319 e. The lowest BCUT2D eigenvalue weighted by atomic mass is 10.2. The molecule has 2 N–H and O–H groups in total. The first-order valence-corrected chi connectivity index (χ1v) is 10.2. The van der Waals surface area contributed by atoms with Gasteiger partial charge in [0.15, 0.2) is 4.34 Å². The van der Waals surface area contributed by atoms with Crippen molar-refractivity contribution in [2.24, 2.45) is 0 Å².